The van der Waals surface area contributed by atoms with Crippen molar-refractivity contribution in [2.75, 3.05) is 13.7 Å². The van der Waals surface area contributed by atoms with Gasteiger partial charge in [0.1, 0.15) is 11.9 Å². The number of benzene rings is 1. The van der Waals surface area contributed by atoms with E-state index < -0.39 is 6.17 Å². The van der Waals surface area contributed by atoms with Gasteiger partial charge in [-0.1, -0.05) is 11.6 Å². The summed E-state index contributed by atoms with van der Waals surface area (Å²) in [6, 6.07) is 4.94. The van der Waals surface area contributed by atoms with Crippen molar-refractivity contribution in [3.63, 3.8) is 0 Å². The Hall–Kier alpha value is -0.800. The molecule has 1 fully saturated rings. The molecule has 88 valence electrons. The maximum absolute atomic E-state index is 14.3. The predicted molar refractivity (Wildman–Crippen MR) is 62.9 cm³/mol. The number of hydrogen-bond acceptors (Lipinski definition) is 2. The molecule has 1 N–H and O–H groups in total. The van der Waals surface area contributed by atoms with E-state index in [0.29, 0.717) is 16.3 Å². The zero-order chi connectivity index (χ0) is 11.5. The Labute approximate surface area is 99.7 Å². The molecular formula is C12H15ClFNO. The molecule has 0 spiro atoms. The van der Waals surface area contributed by atoms with Crippen LogP contribution in [0.3, 0.4) is 0 Å². The summed E-state index contributed by atoms with van der Waals surface area (Å²) >= 11 is 5.88. The lowest BCUT2D eigenvalue weighted by Crippen LogP contribution is -2.26. The molecule has 0 saturated carbocycles. The molecule has 0 aliphatic carbocycles. The molecular weight excluding hydrogens is 229 g/mol. The summed E-state index contributed by atoms with van der Waals surface area (Å²) in [4.78, 5) is 0. The molecule has 2 nitrogen and oxygen atoms in total. The maximum atomic E-state index is 14.3. The van der Waals surface area contributed by atoms with Crippen LogP contribution in [0.1, 0.15) is 24.6 Å². The van der Waals surface area contributed by atoms with E-state index in [1.54, 1.807) is 25.3 Å². The Morgan fingerprint density at radius 3 is 3.00 bits per heavy atom. The summed E-state index contributed by atoms with van der Waals surface area (Å²) in [5.41, 5.74) is 0.536. The Morgan fingerprint density at radius 2 is 2.38 bits per heavy atom. The van der Waals surface area contributed by atoms with Gasteiger partial charge in [0, 0.05) is 16.6 Å². The number of rotatable bonds is 3. The molecule has 0 bridgehead atoms. The Balaban J connectivity index is 2.26. The first-order valence-corrected chi connectivity index (χ1v) is 5.81. The second-order valence-electron chi connectivity index (χ2n) is 3.99. The fourth-order valence-electron chi connectivity index (χ4n) is 2.10. The van der Waals surface area contributed by atoms with Crippen LogP contribution >= 0.6 is 11.6 Å². The summed E-state index contributed by atoms with van der Waals surface area (Å²) in [7, 11) is 1.54. The average molecular weight is 244 g/mol. The molecule has 0 aromatic heterocycles. The maximum Gasteiger partial charge on any atom is 0.144 e. The van der Waals surface area contributed by atoms with E-state index in [1.807, 2.05) is 0 Å². The van der Waals surface area contributed by atoms with E-state index in [-0.39, 0.29) is 6.04 Å². The Kier molecular flexibility index (Phi) is 3.66. The van der Waals surface area contributed by atoms with Crippen LogP contribution in [0, 0.1) is 0 Å². The van der Waals surface area contributed by atoms with Gasteiger partial charge < -0.3 is 10.1 Å². The topological polar surface area (TPSA) is 21.3 Å². The lowest BCUT2D eigenvalue weighted by atomic mass is 10.0. The highest BCUT2D eigenvalue weighted by atomic mass is 35.5. The van der Waals surface area contributed by atoms with Crippen molar-refractivity contribution in [3.05, 3.63) is 28.8 Å². The number of alkyl halides is 1. The minimum atomic E-state index is -1.06. The Bertz CT molecular complexity index is 366. The van der Waals surface area contributed by atoms with Crippen molar-refractivity contribution in [3.8, 4) is 5.75 Å². The zero-order valence-electron chi connectivity index (χ0n) is 9.17. The van der Waals surface area contributed by atoms with Crippen LogP contribution in [0.15, 0.2) is 18.2 Å². The molecule has 0 amide bonds. The summed E-state index contributed by atoms with van der Waals surface area (Å²) in [5, 5.41) is 3.69. The molecule has 0 radical (unpaired) electrons. The second-order valence-corrected chi connectivity index (χ2v) is 4.43. The fraction of sp³-hybridized carbons (Fsp3) is 0.500. The molecule has 1 saturated heterocycles. The van der Waals surface area contributed by atoms with Crippen LogP contribution < -0.4 is 10.1 Å². The van der Waals surface area contributed by atoms with Gasteiger partial charge in [-0.25, -0.2) is 4.39 Å². The van der Waals surface area contributed by atoms with Crippen molar-refractivity contribution < 1.29 is 9.13 Å². The third kappa shape index (κ3) is 2.30. The minimum Gasteiger partial charge on any atom is -0.496 e. The molecule has 1 heterocycles. The molecule has 2 unspecified atom stereocenters. The van der Waals surface area contributed by atoms with Crippen LogP contribution in [-0.2, 0) is 0 Å². The minimum absolute atomic E-state index is 0.118. The number of hydrogen-bond donors (Lipinski definition) is 1. The number of methoxy groups -OCH3 is 1. The largest absolute Gasteiger partial charge is 0.496 e. The van der Waals surface area contributed by atoms with Gasteiger partial charge >= 0.3 is 0 Å². The molecule has 4 heteroatoms. The first-order valence-electron chi connectivity index (χ1n) is 5.43. The molecule has 1 aliphatic heterocycles. The van der Waals surface area contributed by atoms with Gasteiger partial charge in [0.2, 0.25) is 0 Å². The highest BCUT2D eigenvalue weighted by Crippen LogP contribution is 2.34. The molecule has 1 aromatic carbocycles. The van der Waals surface area contributed by atoms with Gasteiger partial charge in [0.25, 0.3) is 0 Å². The summed E-state index contributed by atoms with van der Waals surface area (Å²) in [5.74, 6) is 0.561. The smallest absolute Gasteiger partial charge is 0.144 e. The normalized spacial score (nSPS) is 22.1. The highest BCUT2D eigenvalue weighted by molar-refractivity contribution is 6.30. The van der Waals surface area contributed by atoms with Gasteiger partial charge in [-0.2, -0.15) is 0 Å². The van der Waals surface area contributed by atoms with Crippen LogP contribution in [0.25, 0.3) is 0 Å². The summed E-state index contributed by atoms with van der Waals surface area (Å²) in [6.07, 6.45) is 0.821. The molecule has 2 rings (SSSR count). The van der Waals surface area contributed by atoms with Gasteiger partial charge in [-0.3, -0.25) is 0 Å². The van der Waals surface area contributed by atoms with Crippen LogP contribution in [-0.4, -0.2) is 19.7 Å². The lowest BCUT2D eigenvalue weighted by Gasteiger charge is -2.18. The predicted octanol–water partition coefficient (Wildman–Crippen LogP) is 3.11. The van der Waals surface area contributed by atoms with Crippen molar-refractivity contribution >= 4 is 11.6 Å². The quantitative estimate of drug-likeness (QED) is 0.881. The van der Waals surface area contributed by atoms with Gasteiger partial charge in [-0.15, -0.1) is 0 Å². The van der Waals surface area contributed by atoms with E-state index in [2.05, 4.69) is 5.32 Å². The van der Waals surface area contributed by atoms with Crippen molar-refractivity contribution in [2.24, 2.45) is 0 Å². The van der Waals surface area contributed by atoms with Crippen molar-refractivity contribution in [1.29, 1.82) is 0 Å². The van der Waals surface area contributed by atoms with E-state index in [1.165, 1.54) is 0 Å². The van der Waals surface area contributed by atoms with Gasteiger partial charge in [0.15, 0.2) is 0 Å². The molecule has 1 aromatic rings. The lowest BCUT2D eigenvalue weighted by molar-refractivity contribution is 0.262. The van der Waals surface area contributed by atoms with Gasteiger partial charge in [-0.05, 0) is 37.6 Å². The molecule has 2 atom stereocenters. The second kappa shape index (κ2) is 5.02. The van der Waals surface area contributed by atoms with Crippen LogP contribution in [0.5, 0.6) is 5.75 Å². The SMILES string of the molecule is COc1ccc(Cl)cc1C(F)C1CCCN1. The summed E-state index contributed by atoms with van der Waals surface area (Å²) < 4.78 is 19.4. The first-order chi connectivity index (χ1) is 7.72. The highest BCUT2D eigenvalue weighted by Gasteiger charge is 2.28. The third-order valence-corrected chi connectivity index (χ3v) is 3.18. The van der Waals surface area contributed by atoms with E-state index >= 15 is 0 Å². The number of nitrogens with one attached hydrogen (secondary N) is 1. The van der Waals surface area contributed by atoms with Crippen LogP contribution in [0.2, 0.25) is 5.02 Å². The van der Waals surface area contributed by atoms with Gasteiger partial charge in [0.05, 0.1) is 7.11 Å². The standard InChI is InChI=1S/C12H15ClFNO/c1-16-11-5-4-8(13)7-9(11)12(14)10-3-2-6-15-10/h4-5,7,10,12,15H,2-3,6H2,1H3. The summed E-state index contributed by atoms with van der Waals surface area (Å²) in [6.45, 7) is 0.883. The average Bonchev–Trinajstić information content (AvgIpc) is 2.81. The van der Waals surface area contributed by atoms with Crippen LogP contribution in [0.4, 0.5) is 4.39 Å². The van der Waals surface area contributed by atoms with E-state index in [4.69, 9.17) is 16.3 Å². The van der Waals surface area contributed by atoms with Crippen molar-refractivity contribution in [1.82, 2.24) is 5.32 Å². The third-order valence-electron chi connectivity index (χ3n) is 2.94. The first kappa shape index (κ1) is 11.7. The molecule has 1 aliphatic rings. The molecule has 16 heavy (non-hydrogen) atoms. The number of ether oxygens (including phenoxy) is 1. The monoisotopic (exact) mass is 243 g/mol. The number of halogens is 2. The van der Waals surface area contributed by atoms with Crippen molar-refractivity contribution in [2.45, 2.75) is 25.1 Å². The van der Waals surface area contributed by atoms with E-state index in [9.17, 15) is 4.39 Å². The zero-order valence-corrected chi connectivity index (χ0v) is 9.93. The van der Waals surface area contributed by atoms with E-state index in [0.717, 1.165) is 19.4 Å². The fourth-order valence-corrected chi connectivity index (χ4v) is 2.28. The Morgan fingerprint density at radius 1 is 1.56 bits per heavy atom.